The van der Waals surface area contributed by atoms with E-state index in [1.54, 1.807) is 0 Å². The van der Waals surface area contributed by atoms with E-state index in [1.807, 2.05) is 31.0 Å². The average molecular weight is 211 g/mol. The molecule has 0 saturated carbocycles. The van der Waals surface area contributed by atoms with Crippen LogP contribution in [0.5, 0.6) is 0 Å². The van der Waals surface area contributed by atoms with E-state index in [0.717, 1.165) is 19.4 Å². The normalized spacial score (nSPS) is 15.2. The fourth-order valence-electron chi connectivity index (χ4n) is 1.58. The summed E-state index contributed by atoms with van der Waals surface area (Å²) >= 11 is 0. The molecule has 0 aliphatic heterocycles. The van der Waals surface area contributed by atoms with Crippen molar-refractivity contribution in [2.45, 2.75) is 38.8 Å². The zero-order valence-electron chi connectivity index (χ0n) is 9.77. The Labute approximate surface area is 91.3 Å². The van der Waals surface area contributed by atoms with Crippen molar-refractivity contribution in [2.75, 3.05) is 6.54 Å². The Balaban J connectivity index is 2.42. The molecule has 2 unspecified atom stereocenters. The molecule has 0 fully saturated rings. The molecule has 0 aliphatic carbocycles. The van der Waals surface area contributed by atoms with E-state index >= 15 is 0 Å². The van der Waals surface area contributed by atoms with Crippen LogP contribution in [0.1, 0.15) is 38.3 Å². The Morgan fingerprint density at radius 3 is 2.80 bits per heavy atom. The molecule has 1 heterocycles. The van der Waals surface area contributed by atoms with Crippen LogP contribution < -0.4 is 5.32 Å². The third kappa shape index (κ3) is 4.01. The molecule has 2 atom stereocenters. The fraction of sp³-hybridized carbons (Fsp3) is 0.727. The summed E-state index contributed by atoms with van der Waals surface area (Å²) in [5.74, 6) is 0. The lowest BCUT2D eigenvalue weighted by atomic mass is 10.1. The van der Waals surface area contributed by atoms with E-state index in [1.165, 1.54) is 5.56 Å². The van der Waals surface area contributed by atoms with Crippen LogP contribution in [0, 0.1) is 0 Å². The number of hydrogen-bond acceptors (Lipinski definition) is 3. The molecule has 0 aromatic carbocycles. The van der Waals surface area contributed by atoms with Crippen LogP contribution in [0.3, 0.4) is 0 Å². The number of nitrogens with zero attached hydrogens (tertiary/aromatic N) is 2. The van der Waals surface area contributed by atoms with Gasteiger partial charge in [-0.15, -0.1) is 0 Å². The van der Waals surface area contributed by atoms with E-state index in [0.29, 0.717) is 6.04 Å². The fourth-order valence-corrected chi connectivity index (χ4v) is 1.58. The van der Waals surface area contributed by atoms with Gasteiger partial charge in [-0.3, -0.25) is 4.68 Å². The molecule has 15 heavy (non-hydrogen) atoms. The summed E-state index contributed by atoms with van der Waals surface area (Å²) in [5.41, 5.74) is 1.21. The van der Waals surface area contributed by atoms with Gasteiger partial charge in [0.05, 0.1) is 12.3 Å². The highest BCUT2D eigenvalue weighted by molar-refractivity contribution is 5.09. The van der Waals surface area contributed by atoms with Gasteiger partial charge in [-0.1, -0.05) is 6.92 Å². The van der Waals surface area contributed by atoms with E-state index in [-0.39, 0.29) is 6.10 Å². The molecule has 2 N–H and O–H groups in total. The smallest absolute Gasteiger partial charge is 0.0537 e. The van der Waals surface area contributed by atoms with Gasteiger partial charge in [0.25, 0.3) is 0 Å². The van der Waals surface area contributed by atoms with Crippen LogP contribution in [-0.2, 0) is 7.05 Å². The van der Waals surface area contributed by atoms with Gasteiger partial charge in [-0.05, 0) is 26.3 Å². The first-order chi connectivity index (χ1) is 7.13. The zero-order valence-corrected chi connectivity index (χ0v) is 9.77. The molecule has 4 heteroatoms. The molecule has 0 amide bonds. The molecule has 86 valence electrons. The van der Waals surface area contributed by atoms with E-state index in [4.69, 9.17) is 5.11 Å². The van der Waals surface area contributed by atoms with Gasteiger partial charge in [-0.2, -0.15) is 5.10 Å². The molecule has 0 bridgehead atoms. The first kappa shape index (κ1) is 12.2. The number of nitrogens with one attached hydrogen (secondary N) is 1. The number of hydrogen-bond donors (Lipinski definition) is 2. The average Bonchev–Trinajstić information content (AvgIpc) is 2.59. The lowest BCUT2D eigenvalue weighted by Crippen LogP contribution is -2.24. The van der Waals surface area contributed by atoms with Crippen molar-refractivity contribution in [1.29, 1.82) is 0 Å². The van der Waals surface area contributed by atoms with Crippen molar-refractivity contribution in [3.63, 3.8) is 0 Å². The molecule has 0 aliphatic rings. The zero-order chi connectivity index (χ0) is 11.3. The second kappa shape index (κ2) is 5.88. The van der Waals surface area contributed by atoms with Gasteiger partial charge in [0.2, 0.25) is 0 Å². The quantitative estimate of drug-likeness (QED) is 0.744. The Hall–Kier alpha value is -0.870. The van der Waals surface area contributed by atoms with E-state index < -0.39 is 0 Å². The molecule has 4 nitrogen and oxygen atoms in total. The number of aliphatic hydroxyl groups excluding tert-OH is 1. The first-order valence-electron chi connectivity index (χ1n) is 5.53. The maximum atomic E-state index is 9.16. The summed E-state index contributed by atoms with van der Waals surface area (Å²) in [4.78, 5) is 0. The maximum absolute atomic E-state index is 9.16. The number of rotatable bonds is 6. The molecular weight excluding hydrogens is 190 g/mol. The summed E-state index contributed by atoms with van der Waals surface area (Å²) in [6.45, 7) is 4.80. The molecular formula is C11H21N3O. The minimum Gasteiger partial charge on any atom is -0.393 e. The highest BCUT2D eigenvalue weighted by Crippen LogP contribution is 2.14. The summed E-state index contributed by atoms with van der Waals surface area (Å²) in [5, 5.41) is 16.7. The van der Waals surface area contributed by atoms with Crippen LogP contribution in [0.15, 0.2) is 12.4 Å². The van der Waals surface area contributed by atoms with Crippen molar-refractivity contribution in [3.05, 3.63) is 18.0 Å². The largest absolute Gasteiger partial charge is 0.393 e. The lowest BCUT2D eigenvalue weighted by Gasteiger charge is -2.15. The van der Waals surface area contributed by atoms with Gasteiger partial charge >= 0.3 is 0 Å². The molecule has 0 saturated heterocycles. The van der Waals surface area contributed by atoms with Crippen LogP contribution in [-0.4, -0.2) is 27.5 Å². The van der Waals surface area contributed by atoms with Crippen LogP contribution in [0.2, 0.25) is 0 Å². The number of aliphatic hydroxyl groups is 1. The van der Waals surface area contributed by atoms with E-state index in [2.05, 4.69) is 17.3 Å². The van der Waals surface area contributed by atoms with Crippen molar-refractivity contribution in [1.82, 2.24) is 15.1 Å². The topological polar surface area (TPSA) is 50.1 Å². The highest BCUT2D eigenvalue weighted by Gasteiger charge is 2.10. The van der Waals surface area contributed by atoms with Crippen molar-refractivity contribution >= 4 is 0 Å². The Morgan fingerprint density at radius 2 is 2.33 bits per heavy atom. The minimum atomic E-state index is -0.232. The monoisotopic (exact) mass is 211 g/mol. The predicted octanol–water partition coefficient (Wildman–Crippen LogP) is 1.23. The molecule has 0 spiro atoms. The molecule has 1 aromatic rings. The van der Waals surface area contributed by atoms with Crippen LogP contribution in [0.25, 0.3) is 0 Å². The molecule has 1 rings (SSSR count). The summed E-state index contributed by atoms with van der Waals surface area (Å²) in [6.07, 6.45) is 5.51. The standard InChI is InChI=1S/C11H21N3O/c1-4-11(12-6-5-9(2)15)10-7-13-14(3)8-10/h7-9,11-12,15H,4-6H2,1-3H3. The predicted molar refractivity (Wildman–Crippen MR) is 60.5 cm³/mol. The van der Waals surface area contributed by atoms with Crippen molar-refractivity contribution < 1.29 is 5.11 Å². The SMILES string of the molecule is CCC(NCCC(C)O)c1cnn(C)c1. The van der Waals surface area contributed by atoms with Crippen molar-refractivity contribution in [3.8, 4) is 0 Å². The minimum absolute atomic E-state index is 0.232. The van der Waals surface area contributed by atoms with Gasteiger partial charge in [0.1, 0.15) is 0 Å². The third-order valence-electron chi connectivity index (χ3n) is 2.49. The molecule has 1 aromatic heterocycles. The summed E-state index contributed by atoms with van der Waals surface area (Å²) < 4.78 is 1.81. The number of aryl methyl sites for hydroxylation is 1. The Morgan fingerprint density at radius 1 is 1.60 bits per heavy atom. The Kier molecular flexibility index (Phi) is 4.78. The number of aromatic nitrogens is 2. The van der Waals surface area contributed by atoms with Gasteiger partial charge in [0.15, 0.2) is 0 Å². The Bertz CT molecular complexity index is 283. The van der Waals surface area contributed by atoms with Gasteiger partial charge in [-0.25, -0.2) is 0 Å². The van der Waals surface area contributed by atoms with Crippen LogP contribution in [0.4, 0.5) is 0 Å². The molecule has 0 radical (unpaired) electrons. The maximum Gasteiger partial charge on any atom is 0.0537 e. The van der Waals surface area contributed by atoms with Crippen molar-refractivity contribution in [2.24, 2.45) is 7.05 Å². The first-order valence-corrected chi connectivity index (χ1v) is 5.53. The van der Waals surface area contributed by atoms with Gasteiger partial charge < -0.3 is 10.4 Å². The van der Waals surface area contributed by atoms with Gasteiger partial charge in [0, 0.05) is 24.8 Å². The van der Waals surface area contributed by atoms with E-state index in [9.17, 15) is 0 Å². The van der Waals surface area contributed by atoms with Crippen LogP contribution >= 0.6 is 0 Å². The summed E-state index contributed by atoms with van der Waals surface area (Å²) in [6, 6.07) is 0.345. The second-order valence-corrected chi connectivity index (χ2v) is 4.00. The highest BCUT2D eigenvalue weighted by atomic mass is 16.3. The lowest BCUT2D eigenvalue weighted by molar-refractivity contribution is 0.182. The summed E-state index contributed by atoms with van der Waals surface area (Å²) in [7, 11) is 1.92. The third-order valence-corrected chi connectivity index (χ3v) is 2.49. The second-order valence-electron chi connectivity index (χ2n) is 4.00.